The molecule has 0 aromatic heterocycles. The topological polar surface area (TPSA) is 41.1 Å². The van der Waals surface area contributed by atoms with Gasteiger partial charge in [-0.15, -0.1) is 0 Å². The molecule has 0 saturated heterocycles. The van der Waals surface area contributed by atoms with Crippen molar-refractivity contribution in [1.82, 2.24) is 5.32 Å². The first-order valence-corrected chi connectivity index (χ1v) is 7.34. The third kappa shape index (κ3) is 4.27. The first-order chi connectivity index (χ1) is 9.97. The van der Waals surface area contributed by atoms with E-state index in [1.54, 1.807) is 36.4 Å². The number of carbonyl (C=O) groups excluding carboxylic acids is 1. The Labute approximate surface area is 138 Å². The second kappa shape index (κ2) is 7.03. The predicted octanol–water partition coefficient (Wildman–Crippen LogP) is 5.28. The standard InChI is InChI=1S/C15H13Cl3N2O/c1-9-11(16)3-2-4-14(9)20-15(21)19-8-10-5-6-12(17)13(18)7-10/h2-7H,8H2,1H3,(H2,19,20,21). The normalized spacial score (nSPS) is 10.3. The summed E-state index contributed by atoms with van der Waals surface area (Å²) in [6, 6.07) is 10.2. The molecule has 2 aromatic carbocycles. The van der Waals surface area contributed by atoms with Gasteiger partial charge in [-0.05, 0) is 42.3 Å². The Kier molecular flexibility index (Phi) is 5.34. The predicted molar refractivity (Wildman–Crippen MR) is 88.5 cm³/mol. The summed E-state index contributed by atoms with van der Waals surface area (Å²) >= 11 is 17.8. The fourth-order valence-corrected chi connectivity index (χ4v) is 2.24. The second-order valence-corrected chi connectivity index (χ2v) is 5.69. The minimum absolute atomic E-state index is 0.313. The van der Waals surface area contributed by atoms with Gasteiger partial charge in [0.2, 0.25) is 0 Å². The first-order valence-electron chi connectivity index (χ1n) is 6.21. The maximum absolute atomic E-state index is 11.9. The third-order valence-electron chi connectivity index (χ3n) is 2.95. The van der Waals surface area contributed by atoms with Gasteiger partial charge in [0.25, 0.3) is 0 Å². The van der Waals surface area contributed by atoms with Gasteiger partial charge in [0.1, 0.15) is 0 Å². The average molecular weight is 344 g/mol. The van der Waals surface area contributed by atoms with Crippen molar-refractivity contribution in [2.24, 2.45) is 0 Å². The van der Waals surface area contributed by atoms with Crippen LogP contribution in [0.1, 0.15) is 11.1 Å². The number of urea groups is 1. The van der Waals surface area contributed by atoms with Crippen molar-refractivity contribution in [3.05, 3.63) is 62.6 Å². The number of amides is 2. The van der Waals surface area contributed by atoms with Gasteiger partial charge in [-0.25, -0.2) is 4.79 Å². The van der Waals surface area contributed by atoms with E-state index in [9.17, 15) is 4.79 Å². The number of rotatable bonds is 3. The van der Waals surface area contributed by atoms with Crippen molar-refractivity contribution >= 4 is 46.5 Å². The molecule has 2 amide bonds. The first kappa shape index (κ1) is 16.0. The zero-order valence-electron chi connectivity index (χ0n) is 11.2. The smallest absolute Gasteiger partial charge is 0.319 e. The molecule has 110 valence electrons. The highest BCUT2D eigenvalue weighted by Gasteiger charge is 2.07. The van der Waals surface area contributed by atoms with Crippen LogP contribution in [0, 0.1) is 6.92 Å². The van der Waals surface area contributed by atoms with Gasteiger partial charge in [-0.3, -0.25) is 0 Å². The number of hydrogen-bond donors (Lipinski definition) is 2. The molecule has 0 radical (unpaired) electrons. The molecule has 0 aliphatic rings. The van der Waals surface area contributed by atoms with E-state index in [2.05, 4.69) is 10.6 Å². The largest absolute Gasteiger partial charge is 0.334 e. The molecule has 3 nitrogen and oxygen atoms in total. The van der Waals surface area contributed by atoms with Crippen LogP contribution in [0.25, 0.3) is 0 Å². The summed E-state index contributed by atoms with van der Waals surface area (Å²) in [5.41, 5.74) is 2.36. The fraction of sp³-hybridized carbons (Fsp3) is 0.133. The van der Waals surface area contributed by atoms with Crippen LogP contribution in [0.5, 0.6) is 0 Å². The van der Waals surface area contributed by atoms with Crippen LogP contribution < -0.4 is 10.6 Å². The monoisotopic (exact) mass is 342 g/mol. The summed E-state index contributed by atoms with van der Waals surface area (Å²) in [5.74, 6) is 0. The zero-order chi connectivity index (χ0) is 15.4. The lowest BCUT2D eigenvalue weighted by molar-refractivity contribution is 0.251. The number of benzene rings is 2. The van der Waals surface area contributed by atoms with Crippen molar-refractivity contribution in [2.75, 3.05) is 5.32 Å². The molecule has 0 saturated carbocycles. The molecule has 0 fully saturated rings. The van der Waals surface area contributed by atoms with E-state index in [-0.39, 0.29) is 6.03 Å². The van der Waals surface area contributed by atoms with Gasteiger partial charge in [0, 0.05) is 17.3 Å². The van der Waals surface area contributed by atoms with E-state index in [4.69, 9.17) is 34.8 Å². The van der Waals surface area contributed by atoms with Gasteiger partial charge in [-0.1, -0.05) is 46.9 Å². The summed E-state index contributed by atoms with van der Waals surface area (Å²) in [4.78, 5) is 11.9. The highest BCUT2D eigenvalue weighted by Crippen LogP contribution is 2.23. The van der Waals surface area contributed by atoms with E-state index in [1.807, 2.05) is 6.92 Å². The Hall–Kier alpha value is -1.42. The van der Waals surface area contributed by atoms with Crippen molar-refractivity contribution in [3.8, 4) is 0 Å². The molecule has 0 aliphatic heterocycles. The third-order valence-corrected chi connectivity index (χ3v) is 4.10. The van der Waals surface area contributed by atoms with Crippen molar-refractivity contribution in [3.63, 3.8) is 0 Å². The summed E-state index contributed by atoms with van der Waals surface area (Å²) in [6.07, 6.45) is 0. The van der Waals surface area contributed by atoms with Crippen LogP contribution in [-0.4, -0.2) is 6.03 Å². The van der Waals surface area contributed by atoms with Crippen molar-refractivity contribution in [2.45, 2.75) is 13.5 Å². The van der Waals surface area contributed by atoms with Crippen LogP contribution in [0.2, 0.25) is 15.1 Å². The Balaban J connectivity index is 1.96. The Bertz CT molecular complexity index is 674. The van der Waals surface area contributed by atoms with Crippen LogP contribution in [0.4, 0.5) is 10.5 Å². The van der Waals surface area contributed by atoms with Crippen LogP contribution in [0.3, 0.4) is 0 Å². The highest BCUT2D eigenvalue weighted by atomic mass is 35.5. The van der Waals surface area contributed by atoms with E-state index >= 15 is 0 Å². The molecule has 2 N–H and O–H groups in total. The Morgan fingerprint density at radius 1 is 1.05 bits per heavy atom. The molecule has 0 bridgehead atoms. The quantitative estimate of drug-likeness (QED) is 0.782. The van der Waals surface area contributed by atoms with Crippen molar-refractivity contribution < 1.29 is 4.79 Å². The van der Waals surface area contributed by atoms with Gasteiger partial charge >= 0.3 is 6.03 Å². The van der Waals surface area contributed by atoms with Gasteiger partial charge in [0.05, 0.1) is 10.0 Å². The molecule has 21 heavy (non-hydrogen) atoms. The Morgan fingerprint density at radius 2 is 1.81 bits per heavy atom. The second-order valence-electron chi connectivity index (χ2n) is 4.47. The molecular formula is C15H13Cl3N2O. The summed E-state index contributed by atoms with van der Waals surface area (Å²) in [6.45, 7) is 2.19. The summed E-state index contributed by atoms with van der Waals surface area (Å²) in [7, 11) is 0. The lowest BCUT2D eigenvalue weighted by Crippen LogP contribution is -2.28. The Morgan fingerprint density at radius 3 is 2.52 bits per heavy atom. The molecule has 2 rings (SSSR count). The van der Waals surface area contributed by atoms with E-state index in [0.717, 1.165) is 11.1 Å². The molecule has 2 aromatic rings. The van der Waals surface area contributed by atoms with E-state index in [1.165, 1.54) is 0 Å². The number of nitrogens with one attached hydrogen (secondary N) is 2. The molecule has 0 spiro atoms. The molecule has 0 aliphatic carbocycles. The maximum atomic E-state index is 11.9. The van der Waals surface area contributed by atoms with Gasteiger partial charge in [-0.2, -0.15) is 0 Å². The zero-order valence-corrected chi connectivity index (χ0v) is 13.5. The van der Waals surface area contributed by atoms with Gasteiger partial charge < -0.3 is 10.6 Å². The minimum Gasteiger partial charge on any atom is -0.334 e. The molecule has 0 heterocycles. The number of hydrogen-bond acceptors (Lipinski definition) is 1. The van der Waals surface area contributed by atoms with Crippen LogP contribution in [0.15, 0.2) is 36.4 Å². The fourth-order valence-electron chi connectivity index (χ4n) is 1.74. The lowest BCUT2D eigenvalue weighted by atomic mass is 10.2. The van der Waals surface area contributed by atoms with Gasteiger partial charge in [0.15, 0.2) is 0 Å². The number of halogens is 3. The molecular weight excluding hydrogens is 331 g/mol. The minimum atomic E-state index is -0.313. The lowest BCUT2D eigenvalue weighted by Gasteiger charge is -2.11. The molecule has 0 unspecified atom stereocenters. The number of anilines is 1. The average Bonchev–Trinajstić information content (AvgIpc) is 2.45. The van der Waals surface area contributed by atoms with E-state index in [0.29, 0.717) is 27.3 Å². The summed E-state index contributed by atoms with van der Waals surface area (Å²) < 4.78 is 0. The molecule has 0 atom stereocenters. The van der Waals surface area contributed by atoms with Crippen molar-refractivity contribution in [1.29, 1.82) is 0 Å². The van der Waals surface area contributed by atoms with Crippen LogP contribution >= 0.6 is 34.8 Å². The highest BCUT2D eigenvalue weighted by molar-refractivity contribution is 6.42. The SMILES string of the molecule is Cc1c(Cl)cccc1NC(=O)NCc1ccc(Cl)c(Cl)c1. The number of carbonyl (C=O) groups is 1. The maximum Gasteiger partial charge on any atom is 0.319 e. The van der Waals surface area contributed by atoms with Crippen LogP contribution in [-0.2, 0) is 6.54 Å². The van der Waals surface area contributed by atoms with E-state index < -0.39 is 0 Å². The molecule has 6 heteroatoms. The summed E-state index contributed by atoms with van der Waals surface area (Å²) in [5, 5.41) is 7.05.